The summed E-state index contributed by atoms with van der Waals surface area (Å²) in [5.41, 5.74) is 2.66. The zero-order chi connectivity index (χ0) is 27.7. The fourth-order valence-corrected chi connectivity index (χ4v) is 4.39. The third-order valence-corrected chi connectivity index (χ3v) is 6.35. The minimum Gasteiger partial charge on any atom is -0.497 e. The Hall–Kier alpha value is -5.22. The molecule has 0 atom stereocenters. The molecular weight excluding hydrogens is 530 g/mol. The molecule has 40 heavy (non-hydrogen) atoms. The van der Waals surface area contributed by atoms with Gasteiger partial charge in [-0.3, -0.25) is 14.6 Å². The molecule has 5 aromatic heterocycles. The van der Waals surface area contributed by atoms with Gasteiger partial charge in [0.25, 0.3) is 0 Å². The summed E-state index contributed by atoms with van der Waals surface area (Å²) in [4.78, 5) is 28.8. The molecule has 0 bridgehead atoms. The van der Waals surface area contributed by atoms with Crippen molar-refractivity contribution in [3.05, 3.63) is 83.0 Å². The van der Waals surface area contributed by atoms with Gasteiger partial charge in [0, 0.05) is 31.3 Å². The molecule has 0 unspecified atom stereocenters. The second-order valence-electron chi connectivity index (χ2n) is 8.45. The van der Waals surface area contributed by atoms with Crippen LogP contribution in [0.25, 0.3) is 5.52 Å². The molecule has 200 valence electrons. The SMILES string of the molecule is COc1ccnc(CC(=O)Nc2ccc(C#CCCc3nnc(NC(=O)Cc4cc5ccccn5n4)s3)nn2)c1. The van der Waals surface area contributed by atoms with Crippen LogP contribution in [0.2, 0.25) is 0 Å². The van der Waals surface area contributed by atoms with Crippen LogP contribution in [0.15, 0.2) is 60.9 Å². The summed E-state index contributed by atoms with van der Waals surface area (Å²) in [5.74, 6) is 6.45. The third kappa shape index (κ3) is 7.21. The Bertz CT molecular complexity index is 1670. The molecular formula is C27H23N9O3S. The lowest BCUT2D eigenvalue weighted by Gasteiger charge is -2.05. The molecule has 0 aromatic carbocycles. The van der Waals surface area contributed by atoms with E-state index in [1.807, 2.05) is 30.5 Å². The Kier molecular flexibility index (Phi) is 8.28. The van der Waals surface area contributed by atoms with Crippen molar-refractivity contribution in [2.24, 2.45) is 0 Å². The molecule has 2 N–H and O–H groups in total. The van der Waals surface area contributed by atoms with Gasteiger partial charge in [-0.05, 0) is 42.3 Å². The minimum atomic E-state index is -0.267. The largest absolute Gasteiger partial charge is 0.497 e. The van der Waals surface area contributed by atoms with Crippen molar-refractivity contribution in [1.29, 1.82) is 0 Å². The first-order valence-electron chi connectivity index (χ1n) is 12.2. The van der Waals surface area contributed by atoms with Crippen LogP contribution in [0.4, 0.5) is 10.9 Å². The van der Waals surface area contributed by atoms with Crippen LogP contribution in [0, 0.1) is 11.8 Å². The highest BCUT2D eigenvalue weighted by Gasteiger charge is 2.11. The summed E-state index contributed by atoms with van der Waals surface area (Å²) in [7, 11) is 1.56. The molecule has 13 heteroatoms. The summed E-state index contributed by atoms with van der Waals surface area (Å²) in [6.45, 7) is 0. The second-order valence-corrected chi connectivity index (χ2v) is 9.51. The molecule has 0 saturated carbocycles. The van der Waals surface area contributed by atoms with Crippen LogP contribution in [0.3, 0.4) is 0 Å². The number of carbonyl (C=O) groups excluding carboxylic acids is 2. The predicted octanol–water partition coefficient (Wildman–Crippen LogP) is 2.73. The Labute approximate surface area is 232 Å². The topological polar surface area (TPSA) is 149 Å². The number of aromatic nitrogens is 7. The number of hydrogen-bond acceptors (Lipinski definition) is 10. The highest BCUT2D eigenvalue weighted by Crippen LogP contribution is 2.17. The molecule has 0 aliphatic carbocycles. The standard InChI is InChI=1S/C27H23N9O3S/c1-39-22-11-12-28-19(15-22)16-24(37)29-23-10-9-18(31-32-23)6-2-3-8-26-33-34-27(40-26)30-25(38)17-20-14-21-7-4-5-13-36(21)35-20/h4-5,7,9-15H,3,8,16-17H2,1H3,(H,29,32,37)(H,30,34,38). The zero-order valence-electron chi connectivity index (χ0n) is 21.4. The van der Waals surface area contributed by atoms with E-state index in [1.54, 1.807) is 42.1 Å². The molecule has 5 rings (SSSR count). The van der Waals surface area contributed by atoms with E-state index in [4.69, 9.17) is 4.74 Å². The number of nitrogens with one attached hydrogen (secondary N) is 2. The number of rotatable bonds is 9. The van der Waals surface area contributed by atoms with Crippen molar-refractivity contribution >= 4 is 39.6 Å². The molecule has 0 saturated heterocycles. The molecule has 0 aliphatic heterocycles. The molecule has 0 spiro atoms. The number of aryl methyl sites for hydroxylation is 1. The fourth-order valence-electron chi connectivity index (χ4n) is 3.63. The van der Waals surface area contributed by atoms with Crippen LogP contribution in [0.5, 0.6) is 5.75 Å². The van der Waals surface area contributed by atoms with Gasteiger partial charge in [0.2, 0.25) is 16.9 Å². The van der Waals surface area contributed by atoms with E-state index in [0.717, 1.165) is 10.5 Å². The summed E-state index contributed by atoms with van der Waals surface area (Å²) >= 11 is 1.31. The lowest BCUT2D eigenvalue weighted by atomic mass is 10.2. The number of ether oxygens (including phenoxy) is 1. The number of carbonyl (C=O) groups is 2. The van der Waals surface area contributed by atoms with Crippen molar-refractivity contribution in [2.75, 3.05) is 17.7 Å². The number of hydrogen-bond donors (Lipinski definition) is 2. The summed E-state index contributed by atoms with van der Waals surface area (Å²) < 4.78 is 6.87. The van der Waals surface area contributed by atoms with E-state index in [1.165, 1.54) is 11.3 Å². The summed E-state index contributed by atoms with van der Waals surface area (Å²) in [6.07, 6.45) is 4.75. The lowest BCUT2D eigenvalue weighted by Crippen LogP contribution is -2.16. The maximum Gasteiger partial charge on any atom is 0.232 e. The molecule has 5 heterocycles. The van der Waals surface area contributed by atoms with Crippen molar-refractivity contribution in [3.8, 4) is 17.6 Å². The highest BCUT2D eigenvalue weighted by atomic mass is 32.1. The van der Waals surface area contributed by atoms with E-state index in [-0.39, 0.29) is 24.7 Å². The van der Waals surface area contributed by atoms with Gasteiger partial charge in [0.15, 0.2) is 5.82 Å². The number of nitrogens with zero attached hydrogens (tertiary/aromatic N) is 7. The van der Waals surface area contributed by atoms with Gasteiger partial charge in [-0.1, -0.05) is 23.3 Å². The van der Waals surface area contributed by atoms with E-state index in [9.17, 15) is 9.59 Å². The van der Waals surface area contributed by atoms with Crippen molar-refractivity contribution in [2.45, 2.75) is 25.7 Å². The van der Waals surface area contributed by atoms with Crippen molar-refractivity contribution in [1.82, 2.24) is 35.0 Å². The quantitative estimate of drug-likeness (QED) is 0.263. The molecule has 2 amide bonds. The van der Waals surface area contributed by atoms with E-state index < -0.39 is 0 Å². The number of fused-ring (bicyclic) bond motifs is 1. The average Bonchev–Trinajstić information content (AvgIpc) is 3.58. The Morgan fingerprint density at radius 3 is 2.67 bits per heavy atom. The maximum atomic E-state index is 12.4. The molecule has 0 fully saturated rings. The van der Waals surface area contributed by atoms with E-state index in [2.05, 4.69) is 53.0 Å². The van der Waals surface area contributed by atoms with Gasteiger partial charge in [0.05, 0.1) is 36.9 Å². The Morgan fingerprint density at radius 2 is 1.85 bits per heavy atom. The Morgan fingerprint density at radius 1 is 0.975 bits per heavy atom. The van der Waals surface area contributed by atoms with Gasteiger partial charge in [-0.15, -0.1) is 20.4 Å². The van der Waals surface area contributed by atoms with Gasteiger partial charge >= 0.3 is 0 Å². The molecule has 0 radical (unpaired) electrons. The van der Waals surface area contributed by atoms with Crippen molar-refractivity contribution < 1.29 is 14.3 Å². The van der Waals surface area contributed by atoms with Gasteiger partial charge in [-0.25, -0.2) is 4.52 Å². The normalized spacial score (nSPS) is 10.5. The maximum absolute atomic E-state index is 12.4. The first kappa shape index (κ1) is 26.4. The number of pyridine rings is 2. The molecule has 5 aromatic rings. The Balaban J connectivity index is 1.06. The van der Waals surface area contributed by atoms with Crippen LogP contribution in [-0.4, -0.2) is 53.9 Å². The van der Waals surface area contributed by atoms with Gasteiger partial charge in [-0.2, -0.15) is 5.10 Å². The van der Waals surface area contributed by atoms with Crippen LogP contribution in [-0.2, 0) is 28.9 Å². The lowest BCUT2D eigenvalue weighted by molar-refractivity contribution is -0.116. The molecule has 12 nitrogen and oxygen atoms in total. The number of methoxy groups -OCH3 is 1. The van der Waals surface area contributed by atoms with Gasteiger partial charge < -0.3 is 15.4 Å². The van der Waals surface area contributed by atoms with Crippen LogP contribution < -0.4 is 15.4 Å². The molecule has 0 aliphatic rings. The fraction of sp³-hybridized carbons (Fsp3) is 0.185. The summed E-state index contributed by atoms with van der Waals surface area (Å²) in [5, 5.41) is 27.2. The minimum absolute atomic E-state index is 0.0826. The van der Waals surface area contributed by atoms with E-state index in [0.29, 0.717) is 46.6 Å². The number of anilines is 2. The zero-order valence-corrected chi connectivity index (χ0v) is 22.2. The smallest absolute Gasteiger partial charge is 0.232 e. The van der Waals surface area contributed by atoms with E-state index >= 15 is 0 Å². The second kappa shape index (κ2) is 12.5. The third-order valence-electron chi connectivity index (χ3n) is 5.45. The first-order chi connectivity index (χ1) is 19.5. The predicted molar refractivity (Wildman–Crippen MR) is 148 cm³/mol. The van der Waals surface area contributed by atoms with Crippen LogP contribution in [0.1, 0.15) is 28.5 Å². The number of amides is 2. The highest BCUT2D eigenvalue weighted by molar-refractivity contribution is 7.15. The average molecular weight is 554 g/mol. The summed E-state index contributed by atoms with van der Waals surface area (Å²) in [6, 6.07) is 14.3. The van der Waals surface area contributed by atoms with Gasteiger partial charge in [0.1, 0.15) is 16.5 Å². The monoisotopic (exact) mass is 553 g/mol. The van der Waals surface area contributed by atoms with Crippen molar-refractivity contribution in [3.63, 3.8) is 0 Å². The van der Waals surface area contributed by atoms with Crippen LogP contribution >= 0.6 is 11.3 Å². The first-order valence-corrected chi connectivity index (χ1v) is 13.0.